The molecule has 1 fully saturated rings. The summed E-state index contributed by atoms with van der Waals surface area (Å²) in [4.78, 5) is 26.8. The molecule has 33 heavy (non-hydrogen) atoms. The van der Waals surface area contributed by atoms with Gasteiger partial charge in [0, 0.05) is 41.3 Å². The number of ketones is 1. The summed E-state index contributed by atoms with van der Waals surface area (Å²) < 4.78 is 0. The largest absolute Gasteiger partial charge is 0.508 e. The zero-order chi connectivity index (χ0) is 23.4. The van der Waals surface area contributed by atoms with Crippen LogP contribution in [0.3, 0.4) is 0 Å². The molecule has 0 aliphatic carbocycles. The Hall–Kier alpha value is -3.45. The number of thioether (sulfide) groups is 1. The molecular formula is C26H26N2O4S. The van der Waals surface area contributed by atoms with Gasteiger partial charge in [0.2, 0.25) is 0 Å². The van der Waals surface area contributed by atoms with Gasteiger partial charge in [-0.05, 0) is 91.1 Å². The fourth-order valence-electron chi connectivity index (χ4n) is 3.87. The van der Waals surface area contributed by atoms with Crippen LogP contribution in [0.1, 0.15) is 39.1 Å². The molecular weight excluding hydrogens is 436 g/mol. The highest BCUT2D eigenvalue weighted by molar-refractivity contribution is 7.99. The van der Waals surface area contributed by atoms with E-state index in [1.807, 2.05) is 48.0 Å². The molecule has 1 heterocycles. The molecule has 3 N–H and O–H groups in total. The van der Waals surface area contributed by atoms with E-state index in [0.29, 0.717) is 16.8 Å². The summed E-state index contributed by atoms with van der Waals surface area (Å²) in [7, 11) is 1.90. The molecule has 1 aliphatic heterocycles. The second kappa shape index (κ2) is 10.0. The van der Waals surface area contributed by atoms with Crippen molar-refractivity contribution in [3.05, 3.63) is 83.4 Å². The third-order valence-electron chi connectivity index (χ3n) is 5.79. The summed E-state index contributed by atoms with van der Waals surface area (Å²) in [5.74, 6) is 1.07. The number of anilines is 3. The fraction of sp³-hybridized carbons (Fsp3) is 0.231. The Labute approximate surface area is 197 Å². The standard InChI is InChI=1S/C26H26N2O4S/c1-28(23-6-8-24(29)9-7-23)22-4-2-17(3-5-22)25(30)18-14-19(26(31)32)16-21(15-18)27-20-10-12-33-13-11-20/h2-9,14-16,20,27,29H,10-13H2,1H3,(H,31,32). The Morgan fingerprint density at radius 1 is 0.879 bits per heavy atom. The second-order valence-electron chi connectivity index (χ2n) is 8.09. The van der Waals surface area contributed by atoms with E-state index in [2.05, 4.69) is 5.32 Å². The van der Waals surface area contributed by atoms with E-state index in [1.165, 1.54) is 6.07 Å². The van der Waals surface area contributed by atoms with Crippen LogP contribution in [-0.4, -0.2) is 46.6 Å². The van der Waals surface area contributed by atoms with E-state index in [1.54, 1.807) is 36.4 Å². The number of carboxylic acid groups (broad SMARTS) is 1. The molecule has 3 aromatic carbocycles. The molecule has 0 amide bonds. The number of nitrogens with zero attached hydrogens (tertiary/aromatic N) is 1. The van der Waals surface area contributed by atoms with Gasteiger partial charge < -0.3 is 20.4 Å². The summed E-state index contributed by atoms with van der Waals surface area (Å²) >= 11 is 1.92. The Kier molecular flexibility index (Phi) is 6.89. The van der Waals surface area contributed by atoms with Crippen molar-refractivity contribution in [3.63, 3.8) is 0 Å². The summed E-state index contributed by atoms with van der Waals surface area (Å²) in [6.07, 6.45) is 2.03. The predicted octanol–water partition coefficient (Wildman–Crippen LogP) is 5.40. The van der Waals surface area contributed by atoms with Crippen LogP contribution in [0.2, 0.25) is 0 Å². The van der Waals surface area contributed by atoms with Crippen molar-refractivity contribution in [1.82, 2.24) is 0 Å². The smallest absolute Gasteiger partial charge is 0.335 e. The number of hydrogen-bond acceptors (Lipinski definition) is 6. The number of carbonyl (C=O) groups is 2. The SMILES string of the molecule is CN(c1ccc(O)cc1)c1ccc(C(=O)c2cc(NC3CCSCC3)cc(C(=O)O)c2)cc1. The summed E-state index contributed by atoms with van der Waals surface area (Å²) in [5, 5.41) is 22.4. The van der Waals surface area contributed by atoms with Crippen molar-refractivity contribution >= 4 is 40.6 Å². The maximum atomic E-state index is 13.2. The minimum absolute atomic E-state index is 0.0946. The first-order valence-corrected chi connectivity index (χ1v) is 12.0. The van der Waals surface area contributed by atoms with Gasteiger partial charge in [0.1, 0.15) is 5.75 Å². The Morgan fingerprint density at radius 2 is 1.45 bits per heavy atom. The molecule has 6 nitrogen and oxygen atoms in total. The minimum Gasteiger partial charge on any atom is -0.508 e. The molecule has 0 bridgehead atoms. The van der Waals surface area contributed by atoms with Crippen molar-refractivity contribution in [2.45, 2.75) is 18.9 Å². The third kappa shape index (κ3) is 5.49. The molecule has 0 unspecified atom stereocenters. The van der Waals surface area contributed by atoms with E-state index < -0.39 is 5.97 Å². The van der Waals surface area contributed by atoms with Crippen molar-refractivity contribution in [2.24, 2.45) is 0 Å². The normalized spacial score (nSPS) is 14.0. The summed E-state index contributed by atoms with van der Waals surface area (Å²) in [6, 6.07) is 19.1. The van der Waals surface area contributed by atoms with E-state index in [-0.39, 0.29) is 23.1 Å². The minimum atomic E-state index is -1.06. The van der Waals surface area contributed by atoms with Crippen LogP contribution in [-0.2, 0) is 0 Å². The average molecular weight is 463 g/mol. The van der Waals surface area contributed by atoms with Gasteiger partial charge in [-0.25, -0.2) is 4.79 Å². The van der Waals surface area contributed by atoms with Crippen LogP contribution in [0.25, 0.3) is 0 Å². The topological polar surface area (TPSA) is 89.9 Å². The number of aromatic hydroxyl groups is 1. The van der Waals surface area contributed by atoms with Crippen molar-refractivity contribution in [3.8, 4) is 5.75 Å². The number of carbonyl (C=O) groups excluding carboxylic acids is 1. The maximum absolute atomic E-state index is 13.2. The zero-order valence-corrected chi connectivity index (χ0v) is 19.1. The number of phenols is 1. The van der Waals surface area contributed by atoms with Gasteiger partial charge in [-0.15, -0.1) is 0 Å². The van der Waals surface area contributed by atoms with Crippen LogP contribution in [0.5, 0.6) is 5.75 Å². The third-order valence-corrected chi connectivity index (χ3v) is 6.84. The van der Waals surface area contributed by atoms with Crippen molar-refractivity contribution in [2.75, 3.05) is 28.8 Å². The molecule has 3 aromatic rings. The molecule has 0 spiro atoms. The lowest BCUT2D eigenvalue weighted by Crippen LogP contribution is -2.24. The number of nitrogens with one attached hydrogen (secondary N) is 1. The lowest BCUT2D eigenvalue weighted by Gasteiger charge is -2.24. The van der Waals surface area contributed by atoms with Crippen LogP contribution >= 0.6 is 11.8 Å². The van der Waals surface area contributed by atoms with Crippen molar-refractivity contribution < 1.29 is 19.8 Å². The monoisotopic (exact) mass is 462 g/mol. The molecule has 170 valence electrons. The van der Waals surface area contributed by atoms with E-state index in [9.17, 15) is 19.8 Å². The first-order valence-electron chi connectivity index (χ1n) is 10.8. The highest BCUT2D eigenvalue weighted by atomic mass is 32.2. The van der Waals surface area contributed by atoms with Crippen molar-refractivity contribution in [1.29, 1.82) is 0 Å². The molecule has 0 radical (unpaired) electrons. The van der Waals surface area contributed by atoms with Gasteiger partial charge >= 0.3 is 5.97 Å². The number of carboxylic acids is 1. The molecule has 1 saturated heterocycles. The first kappa shape index (κ1) is 22.7. The van der Waals surface area contributed by atoms with Crippen LogP contribution in [0.4, 0.5) is 17.1 Å². The van der Waals surface area contributed by atoms with E-state index in [0.717, 1.165) is 35.7 Å². The van der Waals surface area contributed by atoms with Crippen LogP contribution in [0, 0.1) is 0 Å². The quantitative estimate of drug-likeness (QED) is 0.405. The average Bonchev–Trinajstić information content (AvgIpc) is 2.84. The zero-order valence-electron chi connectivity index (χ0n) is 18.3. The van der Waals surface area contributed by atoms with Gasteiger partial charge in [-0.2, -0.15) is 11.8 Å². The molecule has 0 aromatic heterocycles. The lowest BCUT2D eigenvalue weighted by molar-refractivity contribution is 0.0697. The number of aromatic carboxylic acids is 1. The Morgan fingerprint density at radius 3 is 2.06 bits per heavy atom. The second-order valence-corrected chi connectivity index (χ2v) is 9.31. The van der Waals surface area contributed by atoms with E-state index in [4.69, 9.17) is 0 Å². The summed E-state index contributed by atoms with van der Waals surface area (Å²) in [6.45, 7) is 0. The molecule has 1 aliphatic rings. The van der Waals surface area contributed by atoms with E-state index >= 15 is 0 Å². The Balaban J connectivity index is 1.56. The predicted molar refractivity (Wildman–Crippen MR) is 133 cm³/mol. The first-order chi connectivity index (χ1) is 15.9. The summed E-state index contributed by atoms with van der Waals surface area (Å²) in [5.41, 5.74) is 3.38. The maximum Gasteiger partial charge on any atom is 0.335 e. The van der Waals surface area contributed by atoms with Gasteiger partial charge in [0.15, 0.2) is 5.78 Å². The lowest BCUT2D eigenvalue weighted by atomic mass is 9.99. The number of rotatable bonds is 7. The van der Waals surface area contributed by atoms with Crippen LogP contribution < -0.4 is 10.2 Å². The Bertz CT molecular complexity index is 1140. The van der Waals surface area contributed by atoms with Gasteiger partial charge in [0.25, 0.3) is 0 Å². The highest BCUT2D eigenvalue weighted by Crippen LogP contribution is 2.27. The molecule has 4 rings (SSSR count). The van der Waals surface area contributed by atoms with Gasteiger partial charge in [-0.1, -0.05) is 0 Å². The molecule has 0 atom stereocenters. The fourth-order valence-corrected chi connectivity index (χ4v) is 4.98. The molecule has 7 heteroatoms. The highest BCUT2D eigenvalue weighted by Gasteiger charge is 2.18. The van der Waals surface area contributed by atoms with Crippen LogP contribution in [0.15, 0.2) is 66.7 Å². The number of phenolic OH excluding ortho intramolecular Hbond substituents is 1. The van der Waals surface area contributed by atoms with Gasteiger partial charge in [0.05, 0.1) is 5.56 Å². The number of hydrogen-bond donors (Lipinski definition) is 3. The molecule has 0 saturated carbocycles. The van der Waals surface area contributed by atoms with Gasteiger partial charge in [-0.3, -0.25) is 4.79 Å². The number of benzene rings is 3.